The number of nitrogens with zero attached hydrogens (tertiary/aromatic N) is 3. The van der Waals surface area contributed by atoms with Crippen LogP contribution in [0.25, 0.3) is 0 Å². The average Bonchev–Trinajstić information content (AvgIpc) is 2.95. The van der Waals surface area contributed by atoms with Gasteiger partial charge in [-0.25, -0.2) is 13.4 Å². The van der Waals surface area contributed by atoms with E-state index in [-0.39, 0.29) is 30.2 Å². The van der Waals surface area contributed by atoms with Gasteiger partial charge in [0.25, 0.3) is 5.91 Å². The van der Waals surface area contributed by atoms with Gasteiger partial charge in [0.05, 0.1) is 24.7 Å². The Labute approximate surface area is 248 Å². The molecule has 0 unspecified atom stereocenters. The Hall–Kier alpha value is -4.11. The van der Waals surface area contributed by atoms with Crippen molar-refractivity contribution in [3.63, 3.8) is 0 Å². The summed E-state index contributed by atoms with van der Waals surface area (Å²) < 4.78 is 72.4. The molecule has 0 atom stereocenters. The molecule has 3 aromatic rings. The largest absolute Gasteiger partial charge is 0.495 e. The SMILES string of the molecule is COc1cc(C(=O)NC2CCNCC2)ccc1Nc1ncc(C(F)(F)F)c(NCc2ccc(C)cc2N(C)S(C)(=O)=O)n1. The standard InChI is InChI=1S/C28H34F3N7O4S/c1-17-5-6-19(23(13-17)38(2)43(4,40)41)15-33-25-21(28(29,30)31)16-34-27(37-25)36-22-8-7-18(14-24(22)42-3)26(39)35-20-9-11-32-12-10-20/h5-8,13-14,16,20,32H,9-12,15H2,1-4H3,(H,35,39)(H2,33,34,36,37). The molecule has 0 bridgehead atoms. The van der Waals surface area contributed by atoms with E-state index in [2.05, 4.69) is 31.2 Å². The summed E-state index contributed by atoms with van der Waals surface area (Å²) in [5.41, 5.74) is 1.15. The first-order valence-electron chi connectivity index (χ1n) is 13.4. The lowest BCUT2D eigenvalue weighted by molar-refractivity contribution is -0.137. The molecule has 1 amide bonds. The minimum atomic E-state index is -4.76. The van der Waals surface area contributed by atoms with Crippen LogP contribution in [0.5, 0.6) is 5.75 Å². The Kier molecular flexibility index (Phi) is 9.65. The van der Waals surface area contributed by atoms with Crippen molar-refractivity contribution < 1.29 is 31.1 Å². The maximum absolute atomic E-state index is 13.9. The summed E-state index contributed by atoms with van der Waals surface area (Å²) >= 11 is 0. The van der Waals surface area contributed by atoms with Crippen LogP contribution in [0.2, 0.25) is 0 Å². The van der Waals surface area contributed by atoms with Crippen LogP contribution in [0.15, 0.2) is 42.6 Å². The number of benzene rings is 2. The molecule has 0 saturated carbocycles. The first-order chi connectivity index (χ1) is 20.3. The lowest BCUT2D eigenvalue weighted by atomic mass is 10.1. The number of piperidine rings is 1. The zero-order chi connectivity index (χ0) is 31.4. The number of hydrogen-bond donors (Lipinski definition) is 4. The van der Waals surface area contributed by atoms with Crippen molar-refractivity contribution in [2.24, 2.45) is 0 Å². The van der Waals surface area contributed by atoms with Gasteiger partial charge >= 0.3 is 6.18 Å². The zero-order valence-electron chi connectivity index (χ0n) is 24.2. The summed E-state index contributed by atoms with van der Waals surface area (Å²) in [6.45, 7) is 3.28. The third-order valence-electron chi connectivity index (χ3n) is 7.00. The Morgan fingerprint density at radius 2 is 1.88 bits per heavy atom. The number of halogens is 3. The zero-order valence-corrected chi connectivity index (χ0v) is 25.0. The number of rotatable bonds is 10. The summed E-state index contributed by atoms with van der Waals surface area (Å²) in [7, 11) is -0.846. The van der Waals surface area contributed by atoms with E-state index < -0.39 is 27.6 Å². The Morgan fingerprint density at radius 3 is 2.53 bits per heavy atom. The average molecular weight is 622 g/mol. The molecule has 1 aliphatic heterocycles. The fourth-order valence-electron chi connectivity index (χ4n) is 4.55. The van der Waals surface area contributed by atoms with Crippen LogP contribution >= 0.6 is 0 Å². The van der Waals surface area contributed by atoms with E-state index in [1.54, 1.807) is 37.3 Å². The summed E-state index contributed by atoms with van der Waals surface area (Å²) in [5.74, 6) is -0.649. The number of sulfonamides is 1. The number of hydrogen-bond acceptors (Lipinski definition) is 9. The summed E-state index contributed by atoms with van der Waals surface area (Å²) in [6.07, 6.45) is -1.42. The quantitative estimate of drug-likeness (QED) is 0.264. The maximum atomic E-state index is 13.9. The number of alkyl halides is 3. The molecule has 15 heteroatoms. The van der Waals surface area contributed by atoms with E-state index in [9.17, 15) is 26.4 Å². The molecule has 232 valence electrons. The van der Waals surface area contributed by atoms with Crippen LogP contribution in [0.3, 0.4) is 0 Å². The molecular formula is C28H34F3N7O4S. The van der Waals surface area contributed by atoms with E-state index in [0.29, 0.717) is 28.7 Å². The molecule has 4 N–H and O–H groups in total. The highest BCUT2D eigenvalue weighted by atomic mass is 32.2. The number of aromatic nitrogens is 2. The van der Waals surface area contributed by atoms with Crippen molar-refractivity contribution in [1.29, 1.82) is 0 Å². The van der Waals surface area contributed by atoms with Crippen LogP contribution in [-0.2, 0) is 22.7 Å². The molecular weight excluding hydrogens is 587 g/mol. The molecule has 43 heavy (non-hydrogen) atoms. The molecule has 4 rings (SSSR count). The monoisotopic (exact) mass is 621 g/mol. The van der Waals surface area contributed by atoms with Gasteiger partial charge in [-0.3, -0.25) is 9.10 Å². The third kappa shape index (κ3) is 8.04. The minimum Gasteiger partial charge on any atom is -0.495 e. The second-order valence-corrected chi connectivity index (χ2v) is 12.2. The fraction of sp³-hybridized carbons (Fsp3) is 0.393. The Bertz CT molecular complexity index is 1580. The fourth-order valence-corrected chi connectivity index (χ4v) is 5.08. The Morgan fingerprint density at radius 1 is 1.16 bits per heavy atom. The number of amides is 1. The van der Waals surface area contributed by atoms with Gasteiger partial charge in [0, 0.05) is 31.4 Å². The number of ether oxygens (including phenoxy) is 1. The highest BCUT2D eigenvalue weighted by Gasteiger charge is 2.35. The van der Waals surface area contributed by atoms with Gasteiger partial charge in [-0.2, -0.15) is 18.2 Å². The van der Waals surface area contributed by atoms with Gasteiger partial charge < -0.3 is 26.0 Å². The smallest absolute Gasteiger partial charge is 0.421 e. The van der Waals surface area contributed by atoms with Crippen molar-refractivity contribution in [3.05, 3.63) is 64.8 Å². The molecule has 0 aliphatic carbocycles. The first kappa shape index (κ1) is 31.8. The van der Waals surface area contributed by atoms with E-state index >= 15 is 0 Å². The summed E-state index contributed by atoms with van der Waals surface area (Å²) in [6, 6.07) is 9.73. The van der Waals surface area contributed by atoms with Crippen molar-refractivity contribution in [3.8, 4) is 5.75 Å². The van der Waals surface area contributed by atoms with Gasteiger partial charge in [-0.15, -0.1) is 0 Å². The molecule has 1 fully saturated rings. The number of aryl methyl sites for hydroxylation is 1. The van der Waals surface area contributed by atoms with Crippen LogP contribution < -0.4 is 30.3 Å². The summed E-state index contributed by atoms with van der Waals surface area (Å²) in [5, 5.41) is 11.8. The second-order valence-electron chi connectivity index (χ2n) is 10.2. The van der Waals surface area contributed by atoms with Gasteiger partial charge in [0.1, 0.15) is 17.1 Å². The van der Waals surface area contributed by atoms with Gasteiger partial charge in [-0.05, 0) is 68.2 Å². The third-order valence-corrected chi connectivity index (χ3v) is 8.19. The lowest BCUT2D eigenvalue weighted by Crippen LogP contribution is -2.42. The number of carbonyl (C=O) groups is 1. The lowest BCUT2D eigenvalue weighted by Gasteiger charge is -2.23. The van der Waals surface area contributed by atoms with Gasteiger partial charge in [0.2, 0.25) is 16.0 Å². The molecule has 11 nitrogen and oxygen atoms in total. The van der Waals surface area contributed by atoms with Crippen molar-refractivity contribution in [2.45, 2.75) is 38.5 Å². The van der Waals surface area contributed by atoms with Crippen LogP contribution in [0.4, 0.5) is 36.3 Å². The highest BCUT2D eigenvalue weighted by Crippen LogP contribution is 2.35. The molecule has 1 saturated heterocycles. The highest BCUT2D eigenvalue weighted by molar-refractivity contribution is 7.92. The Balaban J connectivity index is 1.58. The predicted octanol–water partition coefficient (Wildman–Crippen LogP) is 4.05. The second kappa shape index (κ2) is 13.0. The topological polar surface area (TPSA) is 138 Å². The molecule has 1 aliphatic rings. The predicted molar refractivity (Wildman–Crippen MR) is 158 cm³/mol. The molecule has 0 spiro atoms. The molecule has 0 radical (unpaired) electrons. The van der Waals surface area contributed by atoms with Crippen molar-refractivity contribution in [2.75, 3.05) is 48.4 Å². The van der Waals surface area contributed by atoms with Crippen molar-refractivity contribution in [1.82, 2.24) is 20.6 Å². The summed E-state index contributed by atoms with van der Waals surface area (Å²) in [4.78, 5) is 20.7. The van der Waals surface area contributed by atoms with Crippen LogP contribution in [-0.4, -0.2) is 63.8 Å². The van der Waals surface area contributed by atoms with E-state index in [1.807, 2.05) is 0 Å². The maximum Gasteiger partial charge on any atom is 0.421 e. The number of methoxy groups -OCH3 is 1. The first-order valence-corrected chi connectivity index (χ1v) is 15.3. The van der Waals surface area contributed by atoms with Gasteiger partial charge in [0.15, 0.2) is 0 Å². The minimum absolute atomic E-state index is 0.0618. The van der Waals surface area contributed by atoms with Crippen molar-refractivity contribution >= 4 is 39.1 Å². The van der Waals surface area contributed by atoms with E-state index in [0.717, 1.165) is 42.1 Å². The number of anilines is 4. The molecule has 1 aromatic heterocycles. The number of carbonyl (C=O) groups excluding carboxylic acids is 1. The van der Waals surface area contributed by atoms with Crippen LogP contribution in [0, 0.1) is 6.92 Å². The number of nitrogens with one attached hydrogen (secondary N) is 4. The molecule has 2 heterocycles. The van der Waals surface area contributed by atoms with E-state index in [4.69, 9.17) is 4.74 Å². The normalized spacial score (nSPS) is 14.2. The molecule has 2 aromatic carbocycles. The van der Waals surface area contributed by atoms with Gasteiger partial charge in [-0.1, -0.05) is 12.1 Å². The van der Waals surface area contributed by atoms with Crippen LogP contribution in [0.1, 0.15) is 39.9 Å². The van der Waals surface area contributed by atoms with E-state index in [1.165, 1.54) is 20.2 Å².